The predicted molar refractivity (Wildman–Crippen MR) is 74.8 cm³/mol. The Balaban J connectivity index is 1.89. The van der Waals surface area contributed by atoms with Gasteiger partial charge in [-0.3, -0.25) is 10.00 Å². The number of hydrogen-bond donors (Lipinski definition) is 1. The first kappa shape index (κ1) is 11.7. The molecule has 1 saturated heterocycles. The van der Waals surface area contributed by atoms with Crippen molar-refractivity contribution >= 4 is 10.9 Å². The van der Waals surface area contributed by atoms with E-state index in [1.807, 2.05) is 6.07 Å². The van der Waals surface area contributed by atoms with E-state index in [1.165, 1.54) is 24.0 Å². The molecule has 1 fully saturated rings. The van der Waals surface area contributed by atoms with Crippen molar-refractivity contribution in [3.05, 3.63) is 30.0 Å². The molecule has 1 aromatic heterocycles. The number of benzene rings is 1. The van der Waals surface area contributed by atoms with Crippen LogP contribution >= 0.6 is 0 Å². The summed E-state index contributed by atoms with van der Waals surface area (Å²) in [7, 11) is 0. The van der Waals surface area contributed by atoms with Crippen LogP contribution in [-0.2, 0) is 0 Å². The average molecular weight is 243 g/mol. The topological polar surface area (TPSA) is 31.9 Å². The van der Waals surface area contributed by atoms with Crippen LogP contribution in [0, 0.1) is 0 Å². The largest absolute Gasteiger partial charge is 0.298 e. The fraction of sp³-hybridized carbons (Fsp3) is 0.533. The van der Waals surface area contributed by atoms with Crippen LogP contribution in [0.4, 0.5) is 0 Å². The summed E-state index contributed by atoms with van der Waals surface area (Å²) < 4.78 is 0. The molecule has 96 valence electrons. The van der Waals surface area contributed by atoms with Gasteiger partial charge in [-0.05, 0) is 39.8 Å². The number of aromatic amines is 1. The Morgan fingerprint density at radius 1 is 1.28 bits per heavy atom. The molecule has 1 aliphatic heterocycles. The van der Waals surface area contributed by atoms with Gasteiger partial charge >= 0.3 is 0 Å². The van der Waals surface area contributed by atoms with Crippen LogP contribution in [0.25, 0.3) is 10.9 Å². The quantitative estimate of drug-likeness (QED) is 0.834. The van der Waals surface area contributed by atoms with E-state index in [1.54, 1.807) is 0 Å². The van der Waals surface area contributed by atoms with Gasteiger partial charge in [-0.2, -0.15) is 5.10 Å². The van der Waals surface area contributed by atoms with Crippen LogP contribution in [0.5, 0.6) is 0 Å². The maximum absolute atomic E-state index is 4.41. The Morgan fingerprint density at radius 2 is 2.06 bits per heavy atom. The standard InChI is InChI=1S/C15H21N3/c1-15(2,3)18-9-8-11(10-18)14-12-6-4-5-7-13(12)16-17-14/h4-7,11H,8-10H2,1-3H3,(H,16,17). The number of fused-ring (bicyclic) bond motifs is 1. The summed E-state index contributed by atoms with van der Waals surface area (Å²) in [6, 6.07) is 8.39. The zero-order valence-electron chi connectivity index (χ0n) is 11.4. The highest BCUT2D eigenvalue weighted by Gasteiger charge is 2.32. The second kappa shape index (κ2) is 4.09. The Bertz CT molecular complexity index is 550. The van der Waals surface area contributed by atoms with Crippen molar-refractivity contribution in [2.45, 2.75) is 38.6 Å². The molecule has 0 saturated carbocycles. The molecule has 0 radical (unpaired) electrons. The van der Waals surface area contributed by atoms with E-state index in [-0.39, 0.29) is 5.54 Å². The van der Waals surface area contributed by atoms with Crippen molar-refractivity contribution in [3.63, 3.8) is 0 Å². The third-order valence-electron chi connectivity index (χ3n) is 4.04. The second-order valence-electron chi connectivity index (χ2n) is 6.26. The molecule has 18 heavy (non-hydrogen) atoms. The third kappa shape index (κ3) is 1.93. The Morgan fingerprint density at radius 3 is 2.78 bits per heavy atom. The van der Waals surface area contributed by atoms with Gasteiger partial charge in [-0.25, -0.2) is 0 Å². The third-order valence-corrected chi connectivity index (χ3v) is 4.04. The highest BCUT2D eigenvalue weighted by atomic mass is 15.2. The highest BCUT2D eigenvalue weighted by Crippen LogP contribution is 2.33. The molecule has 1 N–H and O–H groups in total. The van der Waals surface area contributed by atoms with Crippen molar-refractivity contribution < 1.29 is 0 Å². The van der Waals surface area contributed by atoms with Crippen molar-refractivity contribution in [2.75, 3.05) is 13.1 Å². The first-order valence-corrected chi connectivity index (χ1v) is 6.74. The molecule has 0 aliphatic carbocycles. The van der Waals surface area contributed by atoms with Crippen LogP contribution in [0.2, 0.25) is 0 Å². The summed E-state index contributed by atoms with van der Waals surface area (Å²) in [5.74, 6) is 0.594. The summed E-state index contributed by atoms with van der Waals surface area (Å²) in [5.41, 5.74) is 2.67. The van der Waals surface area contributed by atoms with Crippen molar-refractivity contribution in [3.8, 4) is 0 Å². The van der Waals surface area contributed by atoms with Crippen LogP contribution in [0.15, 0.2) is 24.3 Å². The molecule has 3 rings (SSSR count). The summed E-state index contributed by atoms with van der Waals surface area (Å²) in [5, 5.41) is 8.95. The van der Waals surface area contributed by atoms with Gasteiger partial charge in [0.05, 0.1) is 5.52 Å². The molecule has 0 bridgehead atoms. The van der Waals surface area contributed by atoms with Gasteiger partial charge in [-0.1, -0.05) is 18.2 Å². The van der Waals surface area contributed by atoms with Gasteiger partial charge < -0.3 is 0 Å². The van der Waals surface area contributed by atoms with E-state index < -0.39 is 0 Å². The molecule has 1 aromatic carbocycles. The molecule has 0 amide bonds. The molecular weight excluding hydrogens is 222 g/mol. The zero-order chi connectivity index (χ0) is 12.8. The van der Waals surface area contributed by atoms with E-state index in [0.717, 1.165) is 12.1 Å². The van der Waals surface area contributed by atoms with Crippen molar-refractivity contribution in [1.82, 2.24) is 15.1 Å². The van der Waals surface area contributed by atoms with Gasteiger partial charge in [0, 0.05) is 29.1 Å². The van der Waals surface area contributed by atoms with E-state index in [0.29, 0.717) is 5.92 Å². The smallest absolute Gasteiger partial charge is 0.0923 e. The molecule has 0 spiro atoms. The van der Waals surface area contributed by atoms with Crippen LogP contribution in [-0.4, -0.2) is 33.7 Å². The van der Waals surface area contributed by atoms with E-state index in [2.05, 4.69) is 54.1 Å². The summed E-state index contributed by atoms with van der Waals surface area (Å²) >= 11 is 0. The van der Waals surface area contributed by atoms with Gasteiger partial charge in [0.1, 0.15) is 0 Å². The fourth-order valence-electron chi connectivity index (χ4n) is 2.90. The molecule has 1 aliphatic rings. The number of aromatic nitrogens is 2. The lowest BCUT2D eigenvalue weighted by molar-refractivity contribution is 0.172. The minimum absolute atomic E-state index is 0.268. The number of nitrogens with one attached hydrogen (secondary N) is 1. The van der Waals surface area contributed by atoms with Crippen LogP contribution in [0.1, 0.15) is 38.8 Å². The lowest BCUT2D eigenvalue weighted by atomic mass is 10.0. The summed E-state index contributed by atoms with van der Waals surface area (Å²) in [4.78, 5) is 2.56. The Hall–Kier alpha value is -1.35. The van der Waals surface area contributed by atoms with Gasteiger partial charge in [0.15, 0.2) is 0 Å². The van der Waals surface area contributed by atoms with Crippen LogP contribution in [0.3, 0.4) is 0 Å². The number of para-hydroxylation sites is 1. The van der Waals surface area contributed by atoms with Crippen molar-refractivity contribution in [1.29, 1.82) is 0 Å². The second-order valence-corrected chi connectivity index (χ2v) is 6.26. The average Bonchev–Trinajstić information content (AvgIpc) is 2.94. The molecule has 1 unspecified atom stereocenters. The molecular formula is C15H21N3. The minimum Gasteiger partial charge on any atom is -0.298 e. The number of H-pyrrole nitrogens is 1. The molecule has 2 heterocycles. The molecule has 2 aromatic rings. The first-order chi connectivity index (χ1) is 8.55. The minimum atomic E-state index is 0.268. The van der Waals surface area contributed by atoms with Gasteiger partial charge in [-0.15, -0.1) is 0 Å². The summed E-state index contributed by atoms with van der Waals surface area (Å²) in [6.45, 7) is 9.19. The fourth-order valence-corrected chi connectivity index (χ4v) is 2.90. The van der Waals surface area contributed by atoms with E-state index in [9.17, 15) is 0 Å². The lowest BCUT2D eigenvalue weighted by Gasteiger charge is -2.31. The van der Waals surface area contributed by atoms with Gasteiger partial charge in [0.2, 0.25) is 0 Å². The first-order valence-electron chi connectivity index (χ1n) is 6.74. The molecule has 3 heteroatoms. The zero-order valence-corrected chi connectivity index (χ0v) is 11.4. The van der Waals surface area contributed by atoms with Crippen LogP contribution < -0.4 is 0 Å². The number of nitrogens with zero attached hydrogens (tertiary/aromatic N) is 2. The monoisotopic (exact) mass is 243 g/mol. The number of hydrogen-bond acceptors (Lipinski definition) is 2. The van der Waals surface area contributed by atoms with Crippen molar-refractivity contribution in [2.24, 2.45) is 0 Å². The Labute approximate surface area is 108 Å². The van der Waals surface area contributed by atoms with E-state index in [4.69, 9.17) is 0 Å². The maximum atomic E-state index is 4.41. The number of rotatable bonds is 1. The number of likely N-dealkylation sites (tertiary alicyclic amines) is 1. The van der Waals surface area contributed by atoms with E-state index >= 15 is 0 Å². The maximum Gasteiger partial charge on any atom is 0.0923 e. The molecule has 1 atom stereocenters. The lowest BCUT2D eigenvalue weighted by Crippen LogP contribution is -2.39. The predicted octanol–water partition coefficient (Wildman–Crippen LogP) is 3.15. The highest BCUT2D eigenvalue weighted by molar-refractivity contribution is 5.81. The summed E-state index contributed by atoms with van der Waals surface area (Å²) in [6.07, 6.45) is 1.23. The normalized spacial score (nSPS) is 21.8. The Kier molecular flexibility index (Phi) is 2.67. The van der Waals surface area contributed by atoms with Gasteiger partial charge in [0.25, 0.3) is 0 Å². The molecule has 3 nitrogen and oxygen atoms in total. The SMILES string of the molecule is CC(C)(C)N1CCC(c2[nH]nc3ccccc23)C1.